The van der Waals surface area contributed by atoms with Crippen molar-refractivity contribution in [1.29, 1.82) is 5.26 Å². The molecule has 134 valence electrons. The number of phosphoric acid groups is 1. The van der Waals surface area contributed by atoms with Gasteiger partial charge in [0, 0.05) is 5.56 Å². The van der Waals surface area contributed by atoms with Crippen LogP contribution in [0.1, 0.15) is 25.0 Å². The van der Waals surface area contributed by atoms with E-state index < -0.39 is 25.3 Å². The van der Waals surface area contributed by atoms with Crippen molar-refractivity contribution in [2.75, 3.05) is 0 Å². The number of halogens is 1. The Morgan fingerprint density at radius 2 is 1.96 bits per heavy atom. The Bertz CT molecular complexity index is 1010. The average molecular weight is 376 g/mol. The first-order valence-corrected chi connectivity index (χ1v) is 8.99. The normalized spacial score (nSPS) is 15.3. The number of nitriles is 1. The maximum Gasteiger partial charge on any atom is 0.528 e. The molecule has 0 saturated carbocycles. The molecule has 0 unspecified atom stereocenters. The largest absolute Gasteiger partial charge is 0.528 e. The second-order valence-electron chi connectivity index (χ2n) is 6.14. The van der Waals surface area contributed by atoms with Crippen LogP contribution in [-0.4, -0.2) is 15.9 Å². The third kappa shape index (κ3) is 3.75. The van der Waals surface area contributed by atoms with Crippen LogP contribution in [0.15, 0.2) is 41.4 Å². The highest BCUT2D eigenvalue weighted by Crippen LogP contribution is 2.44. The van der Waals surface area contributed by atoms with E-state index in [2.05, 4.69) is 9.52 Å². The molecule has 0 saturated heterocycles. The molecule has 2 N–H and O–H groups in total. The zero-order chi connectivity index (χ0) is 19.1. The molecule has 0 aliphatic carbocycles. The molecule has 26 heavy (non-hydrogen) atoms. The molecule has 3 rings (SSSR count). The van der Waals surface area contributed by atoms with Crippen molar-refractivity contribution in [3.05, 3.63) is 53.3 Å². The highest BCUT2D eigenvalue weighted by atomic mass is 31.2. The SMILES string of the molecule is CC1(C)OC(OP(=O)(O)O)=Nc2ccc(-c3cc(F)cc(C#N)c3)cc21. The summed E-state index contributed by atoms with van der Waals surface area (Å²) < 4.78 is 34.6. The van der Waals surface area contributed by atoms with Gasteiger partial charge in [-0.15, -0.1) is 0 Å². The van der Waals surface area contributed by atoms with Gasteiger partial charge in [0.05, 0.1) is 17.3 Å². The molecular formula is C17H14FN2O5P. The fraction of sp³-hybridized carbons (Fsp3) is 0.176. The van der Waals surface area contributed by atoms with Crippen molar-refractivity contribution < 1.29 is 28.0 Å². The summed E-state index contributed by atoms with van der Waals surface area (Å²) in [5, 5.41) is 9.00. The molecule has 0 radical (unpaired) electrons. The van der Waals surface area contributed by atoms with Crippen LogP contribution < -0.4 is 0 Å². The molecule has 7 nitrogen and oxygen atoms in total. The molecular weight excluding hydrogens is 362 g/mol. The molecule has 0 atom stereocenters. The minimum absolute atomic E-state index is 0.198. The maximum absolute atomic E-state index is 13.7. The van der Waals surface area contributed by atoms with Crippen molar-refractivity contribution in [3.63, 3.8) is 0 Å². The Morgan fingerprint density at radius 1 is 1.23 bits per heavy atom. The monoisotopic (exact) mass is 376 g/mol. The predicted octanol–water partition coefficient (Wildman–Crippen LogP) is 3.73. The van der Waals surface area contributed by atoms with E-state index in [1.165, 1.54) is 6.07 Å². The first-order chi connectivity index (χ1) is 12.1. The molecule has 2 aromatic rings. The molecule has 0 aromatic heterocycles. The molecule has 0 amide bonds. The van der Waals surface area contributed by atoms with Crippen molar-refractivity contribution in [2.24, 2.45) is 4.99 Å². The van der Waals surface area contributed by atoms with Gasteiger partial charge < -0.3 is 9.26 Å². The summed E-state index contributed by atoms with van der Waals surface area (Å²) in [5.74, 6) is -0.525. The first kappa shape index (κ1) is 18.1. The molecule has 2 aromatic carbocycles. The van der Waals surface area contributed by atoms with E-state index in [1.54, 1.807) is 38.1 Å². The number of aliphatic imine (C=N–C) groups is 1. The summed E-state index contributed by atoms with van der Waals surface area (Å²) in [6, 6.07) is 10.9. The van der Waals surface area contributed by atoms with Crippen LogP contribution in [0.4, 0.5) is 10.1 Å². The van der Waals surface area contributed by atoms with Crippen LogP contribution in [0.2, 0.25) is 0 Å². The quantitative estimate of drug-likeness (QED) is 0.773. The topological polar surface area (TPSA) is 112 Å². The number of hydrogen-bond acceptors (Lipinski definition) is 5. The molecule has 0 fully saturated rings. The fourth-order valence-corrected chi connectivity index (χ4v) is 2.93. The number of rotatable bonds is 2. The van der Waals surface area contributed by atoms with Gasteiger partial charge in [-0.3, -0.25) is 9.79 Å². The van der Waals surface area contributed by atoms with E-state index in [-0.39, 0.29) is 5.56 Å². The van der Waals surface area contributed by atoms with Crippen molar-refractivity contribution in [3.8, 4) is 17.2 Å². The standard InChI is InChI=1S/C17H14FN2O5P/c1-17(2)14-8-11(12-5-10(9-19)6-13(18)7-12)3-4-15(14)20-16(24-17)25-26(21,22)23/h3-8H,1-2H3,(H2,21,22,23). The Hall–Kier alpha value is -2.72. The summed E-state index contributed by atoms with van der Waals surface area (Å²) in [6.07, 6.45) is -0.527. The number of benzene rings is 2. The molecule has 0 spiro atoms. The van der Waals surface area contributed by atoms with Crippen LogP contribution in [0, 0.1) is 17.1 Å². The van der Waals surface area contributed by atoms with E-state index >= 15 is 0 Å². The molecule has 0 bridgehead atoms. The van der Waals surface area contributed by atoms with Gasteiger partial charge in [-0.2, -0.15) is 10.3 Å². The third-order valence-corrected chi connectivity index (χ3v) is 4.15. The van der Waals surface area contributed by atoms with E-state index in [1.807, 2.05) is 6.07 Å². The van der Waals surface area contributed by atoms with Crippen LogP contribution in [0.25, 0.3) is 11.1 Å². The number of ether oxygens (including phenoxy) is 1. The molecule has 1 aliphatic rings. The van der Waals surface area contributed by atoms with Gasteiger partial charge in [-0.25, -0.2) is 8.96 Å². The Labute approximate surface area is 148 Å². The second kappa shape index (κ2) is 6.22. The van der Waals surface area contributed by atoms with Crippen molar-refractivity contribution >= 4 is 19.6 Å². The summed E-state index contributed by atoms with van der Waals surface area (Å²) in [7, 11) is -4.80. The highest BCUT2D eigenvalue weighted by molar-refractivity contribution is 7.46. The zero-order valence-electron chi connectivity index (χ0n) is 13.8. The van der Waals surface area contributed by atoms with Gasteiger partial charge in [-0.1, -0.05) is 6.07 Å². The summed E-state index contributed by atoms with van der Waals surface area (Å²) in [6.45, 7) is 3.36. The molecule has 1 aliphatic heterocycles. The van der Waals surface area contributed by atoms with Gasteiger partial charge >= 0.3 is 13.9 Å². The number of hydrogen-bond donors (Lipinski definition) is 2. The van der Waals surface area contributed by atoms with Crippen LogP contribution in [0.3, 0.4) is 0 Å². The van der Waals surface area contributed by atoms with E-state index in [0.717, 1.165) is 6.07 Å². The van der Waals surface area contributed by atoms with Crippen molar-refractivity contribution in [1.82, 2.24) is 0 Å². The maximum atomic E-state index is 13.7. The molecule has 1 heterocycles. The summed E-state index contributed by atoms with van der Waals surface area (Å²) in [5.41, 5.74) is 1.39. The fourth-order valence-electron chi connectivity index (χ4n) is 2.65. The number of fused-ring (bicyclic) bond motifs is 1. The van der Waals surface area contributed by atoms with E-state index in [4.69, 9.17) is 19.8 Å². The Kier molecular flexibility index (Phi) is 4.32. The van der Waals surface area contributed by atoms with Crippen molar-refractivity contribution in [2.45, 2.75) is 19.4 Å². The number of phosphoric ester groups is 1. The van der Waals surface area contributed by atoms with Gasteiger partial charge in [0.1, 0.15) is 11.4 Å². The zero-order valence-corrected chi connectivity index (χ0v) is 14.7. The third-order valence-electron chi connectivity index (χ3n) is 3.76. The van der Waals surface area contributed by atoms with Crippen LogP contribution >= 0.6 is 7.82 Å². The minimum atomic E-state index is -4.80. The lowest BCUT2D eigenvalue weighted by atomic mass is 9.91. The van der Waals surface area contributed by atoms with E-state index in [0.29, 0.717) is 22.4 Å². The lowest BCUT2D eigenvalue weighted by Gasteiger charge is -2.31. The number of nitrogens with zero attached hydrogens (tertiary/aromatic N) is 2. The summed E-state index contributed by atoms with van der Waals surface area (Å²) in [4.78, 5) is 21.8. The Morgan fingerprint density at radius 3 is 2.62 bits per heavy atom. The average Bonchev–Trinajstić information content (AvgIpc) is 2.51. The first-order valence-electron chi connectivity index (χ1n) is 7.46. The Balaban J connectivity index is 2.08. The van der Waals surface area contributed by atoms with Crippen LogP contribution in [0.5, 0.6) is 0 Å². The van der Waals surface area contributed by atoms with Gasteiger partial charge in [-0.05, 0) is 55.3 Å². The van der Waals surface area contributed by atoms with Gasteiger partial charge in [0.25, 0.3) is 0 Å². The smallest absolute Gasteiger partial charge is 0.439 e. The van der Waals surface area contributed by atoms with Gasteiger partial charge in [0.2, 0.25) is 0 Å². The van der Waals surface area contributed by atoms with Crippen LogP contribution in [-0.2, 0) is 19.4 Å². The molecule has 9 heteroatoms. The van der Waals surface area contributed by atoms with Gasteiger partial charge in [0.15, 0.2) is 0 Å². The minimum Gasteiger partial charge on any atom is -0.439 e. The lowest BCUT2D eigenvalue weighted by Crippen LogP contribution is -2.29. The lowest BCUT2D eigenvalue weighted by molar-refractivity contribution is 0.0547. The van der Waals surface area contributed by atoms with E-state index in [9.17, 15) is 8.96 Å². The predicted molar refractivity (Wildman–Crippen MR) is 90.9 cm³/mol. The second-order valence-corrected chi connectivity index (χ2v) is 7.31. The highest BCUT2D eigenvalue weighted by Gasteiger charge is 2.35. The summed E-state index contributed by atoms with van der Waals surface area (Å²) >= 11 is 0.